The Morgan fingerprint density at radius 2 is 2.00 bits per heavy atom. The molecule has 0 bridgehead atoms. The summed E-state index contributed by atoms with van der Waals surface area (Å²) in [4.78, 5) is 10.9. The highest BCUT2D eigenvalue weighted by molar-refractivity contribution is 6.34. The molecule has 0 aliphatic rings. The van der Waals surface area contributed by atoms with Gasteiger partial charge in [0.25, 0.3) is 0 Å². The minimum absolute atomic E-state index is 0.348. The molecule has 0 N–H and O–H groups in total. The third-order valence-electron chi connectivity index (χ3n) is 1.67. The van der Waals surface area contributed by atoms with Gasteiger partial charge in [0.2, 0.25) is 0 Å². The van der Waals surface area contributed by atoms with E-state index in [1.807, 2.05) is 0 Å². The van der Waals surface area contributed by atoms with Gasteiger partial charge in [0.15, 0.2) is 0 Å². The van der Waals surface area contributed by atoms with Gasteiger partial charge < -0.3 is 4.74 Å². The van der Waals surface area contributed by atoms with E-state index in [0.717, 1.165) is 0 Å². The first-order chi connectivity index (χ1) is 8.11. The van der Waals surface area contributed by atoms with E-state index in [9.17, 15) is 4.79 Å². The second kappa shape index (κ2) is 7.01. The van der Waals surface area contributed by atoms with Crippen LogP contribution in [-0.4, -0.2) is 12.6 Å². The lowest BCUT2D eigenvalue weighted by molar-refractivity contribution is -0.137. The van der Waals surface area contributed by atoms with E-state index in [1.165, 1.54) is 12.2 Å². The normalized spacial score (nSPS) is 9.82. The lowest BCUT2D eigenvalue weighted by Crippen LogP contribution is -1.98. The van der Waals surface area contributed by atoms with Crippen LogP contribution in [0.15, 0.2) is 30.4 Å². The molecule has 0 amide bonds. The Bertz CT molecular complexity index is 476. The minimum atomic E-state index is -0.411. The van der Waals surface area contributed by atoms with E-state index in [0.29, 0.717) is 22.2 Å². The van der Waals surface area contributed by atoms with Crippen LogP contribution >= 0.6 is 23.2 Å². The Hall–Kier alpha value is -1.43. The SMILES string of the molecule is CCOC(=O)C=CC#Cc1cc(Cl)cc(Cl)c1. The zero-order valence-electron chi connectivity index (χ0n) is 9.17. The van der Waals surface area contributed by atoms with Crippen LogP contribution in [0.2, 0.25) is 10.0 Å². The third-order valence-corrected chi connectivity index (χ3v) is 2.10. The monoisotopic (exact) mass is 268 g/mol. The van der Waals surface area contributed by atoms with E-state index in [1.54, 1.807) is 25.1 Å². The fraction of sp³-hybridized carbons (Fsp3) is 0.154. The van der Waals surface area contributed by atoms with Crippen LogP contribution in [0.5, 0.6) is 0 Å². The molecular formula is C13H10Cl2O2. The molecule has 1 aromatic rings. The molecule has 0 aliphatic carbocycles. The number of ether oxygens (including phenoxy) is 1. The average molecular weight is 269 g/mol. The van der Waals surface area contributed by atoms with Gasteiger partial charge in [0, 0.05) is 21.7 Å². The van der Waals surface area contributed by atoms with Crippen molar-refractivity contribution in [1.82, 2.24) is 0 Å². The Labute approximate surface area is 110 Å². The lowest BCUT2D eigenvalue weighted by atomic mass is 10.2. The van der Waals surface area contributed by atoms with Gasteiger partial charge in [-0.3, -0.25) is 0 Å². The standard InChI is InChI=1S/C13H10Cl2O2/c1-2-17-13(16)6-4-3-5-10-7-11(14)9-12(15)8-10/h4,6-9H,2H2,1H3. The second-order valence-electron chi connectivity index (χ2n) is 3.01. The number of carbonyl (C=O) groups is 1. The van der Waals surface area contributed by atoms with Gasteiger partial charge in [-0.2, -0.15) is 0 Å². The van der Waals surface area contributed by atoms with Crippen molar-refractivity contribution in [2.75, 3.05) is 6.61 Å². The lowest BCUT2D eigenvalue weighted by Gasteiger charge is -1.94. The molecule has 0 saturated carbocycles. The molecule has 88 valence electrons. The Morgan fingerprint density at radius 3 is 2.59 bits per heavy atom. The maximum Gasteiger partial charge on any atom is 0.331 e. The molecule has 4 heteroatoms. The smallest absolute Gasteiger partial charge is 0.331 e. The van der Waals surface area contributed by atoms with Crippen molar-refractivity contribution >= 4 is 29.2 Å². The Balaban J connectivity index is 2.69. The summed E-state index contributed by atoms with van der Waals surface area (Å²) in [6, 6.07) is 5.01. The number of esters is 1. The molecule has 0 atom stereocenters. The van der Waals surface area contributed by atoms with Crippen molar-refractivity contribution in [3.63, 3.8) is 0 Å². The van der Waals surface area contributed by atoms with Crippen molar-refractivity contribution in [2.45, 2.75) is 6.92 Å². The summed E-state index contributed by atoms with van der Waals surface area (Å²) >= 11 is 11.6. The van der Waals surface area contributed by atoms with Crippen molar-refractivity contribution < 1.29 is 9.53 Å². The maximum atomic E-state index is 10.9. The molecule has 0 fully saturated rings. The van der Waals surface area contributed by atoms with Crippen LogP contribution in [0.25, 0.3) is 0 Å². The molecule has 0 unspecified atom stereocenters. The number of rotatable bonds is 2. The highest BCUT2D eigenvalue weighted by Gasteiger charge is 1.94. The first-order valence-electron chi connectivity index (χ1n) is 4.92. The molecule has 17 heavy (non-hydrogen) atoms. The largest absolute Gasteiger partial charge is 0.463 e. The number of hydrogen-bond acceptors (Lipinski definition) is 2. The van der Waals surface area contributed by atoms with E-state index in [2.05, 4.69) is 11.8 Å². The average Bonchev–Trinajstić information content (AvgIpc) is 2.23. The maximum absolute atomic E-state index is 10.9. The molecule has 0 aromatic heterocycles. The highest BCUT2D eigenvalue weighted by Crippen LogP contribution is 2.18. The van der Waals surface area contributed by atoms with Crippen molar-refractivity contribution in [3.05, 3.63) is 46.0 Å². The molecule has 0 radical (unpaired) electrons. The van der Waals surface area contributed by atoms with Crippen LogP contribution in [0.4, 0.5) is 0 Å². The fourth-order valence-electron chi connectivity index (χ4n) is 1.05. The zero-order valence-corrected chi connectivity index (χ0v) is 10.7. The van der Waals surface area contributed by atoms with Crippen molar-refractivity contribution in [2.24, 2.45) is 0 Å². The molecule has 1 rings (SSSR count). The van der Waals surface area contributed by atoms with Gasteiger partial charge in [-0.1, -0.05) is 35.0 Å². The third kappa shape index (κ3) is 5.44. The number of allylic oxidation sites excluding steroid dienone is 1. The van der Waals surface area contributed by atoms with Crippen LogP contribution in [-0.2, 0) is 9.53 Å². The predicted octanol–water partition coefficient (Wildman–Crippen LogP) is 3.46. The van der Waals surface area contributed by atoms with E-state index in [4.69, 9.17) is 27.9 Å². The summed E-state index contributed by atoms with van der Waals surface area (Å²) in [5.74, 6) is 5.10. The predicted molar refractivity (Wildman–Crippen MR) is 69.1 cm³/mol. The number of benzene rings is 1. The topological polar surface area (TPSA) is 26.3 Å². The van der Waals surface area contributed by atoms with Crippen LogP contribution in [0, 0.1) is 11.8 Å². The van der Waals surface area contributed by atoms with Gasteiger partial charge in [-0.25, -0.2) is 4.79 Å². The first kappa shape index (κ1) is 13.6. The number of hydrogen-bond donors (Lipinski definition) is 0. The summed E-state index contributed by atoms with van der Waals surface area (Å²) in [5.41, 5.74) is 0.691. The fourth-order valence-corrected chi connectivity index (χ4v) is 1.58. The number of halogens is 2. The summed E-state index contributed by atoms with van der Waals surface area (Å²) in [6.45, 7) is 2.09. The van der Waals surface area contributed by atoms with E-state index >= 15 is 0 Å². The second-order valence-corrected chi connectivity index (χ2v) is 3.89. The summed E-state index contributed by atoms with van der Waals surface area (Å²) < 4.78 is 4.70. The summed E-state index contributed by atoms with van der Waals surface area (Å²) in [5, 5.41) is 1.05. The van der Waals surface area contributed by atoms with Gasteiger partial charge in [0.1, 0.15) is 0 Å². The van der Waals surface area contributed by atoms with E-state index < -0.39 is 5.97 Å². The number of carbonyl (C=O) groups excluding carboxylic acids is 1. The Morgan fingerprint density at radius 1 is 1.35 bits per heavy atom. The van der Waals surface area contributed by atoms with Gasteiger partial charge in [-0.05, 0) is 31.2 Å². The van der Waals surface area contributed by atoms with Gasteiger partial charge in [0.05, 0.1) is 6.61 Å². The quantitative estimate of drug-likeness (QED) is 0.467. The molecule has 0 aliphatic heterocycles. The van der Waals surface area contributed by atoms with Crippen molar-refractivity contribution in [1.29, 1.82) is 0 Å². The molecule has 0 spiro atoms. The molecule has 1 aromatic carbocycles. The summed E-state index contributed by atoms with van der Waals surface area (Å²) in [7, 11) is 0. The van der Waals surface area contributed by atoms with Crippen LogP contribution in [0.1, 0.15) is 12.5 Å². The zero-order chi connectivity index (χ0) is 12.7. The van der Waals surface area contributed by atoms with Crippen LogP contribution in [0.3, 0.4) is 0 Å². The van der Waals surface area contributed by atoms with Gasteiger partial charge in [-0.15, -0.1) is 0 Å². The van der Waals surface area contributed by atoms with Gasteiger partial charge >= 0.3 is 5.97 Å². The van der Waals surface area contributed by atoms with Crippen LogP contribution < -0.4 is 0 Å². The minimum Gasteiger partial charge on any atom is -0.463 e. The molecule has 2 nitrogen and oxygen atoms in total. The molecular weight excluding hydrogens is 259 g/mol. The molecule has 0 heterocycles. The van der Waals surface area contributed by atoms with E-state index in [-0.39, 0.29) is 0 Å². The first-order valence-corrected chi connectivity index (χ1v) is 5.68. The van der Waals surface area contributed by atoms with Crippen molar-refractivity contribution in [3.8, 4) is 11.8 Å². The molecule has 0 saturated heterocycles. The highest BCUT2D eigenvalue weighted by atomic mass is 35.5. The summed E-state index contributed by atoms with van der Waals surface area (Å²) in [6.07, 6.45) is 2.69. The Kier molecular flexibility index (Phi) is 5.62.